The number of halogens is 1. The molecule has 0 radical (unpaired) electrons. The molecule has 7 nitrogen and oxygen atoms in total. The number of ether oxygens (including phenoxy) is 2. The van der Waals surface area contributed by atoms with Gasteiger partial charge >= 0.3 is 12.1 Å². The molecule has 0 bridgehead atoms. The van der Waals surface area contributed by atoms with Crippen LogP contribution in [0.25, 0.3) is 0 Å². The smallest absolute Gasteiger partial charge is 0.413 e. The van der Waals surface area contributed by atoms with Gasteiger partial charge in [0.2, 0.25) is 5.95 Å². The number of carbonyl (C=O) groups excluding carboxylic acids is 2. The number of hydrogen-bond donors (Lipinski definition) is 1. The number of rotatable bonds is 14. The molecule has 0 aliphatic heterocycles. The van der Waals surface area contributed by atoms with Crippen molar-refractivity contribution in [1.29, 1.82) is 0 Å². The molecule has 2 atom stereocenters. The van der Waals surface area contributed by atoms with E-state index in [0.29, 0.717) is 25.0 Å². The third-order valence-electron chi connectivity index (χ3n) is 4.73. The topological polar surface area (TPSA) is 89.4 Å². The molecule has 0 saturated heterocycles. The molecule has 2 unspecified atom stereocenters. The van der Waals surface area contributed by atoms with Crippen LogP contribution < -0.4 is 5.32 Å². The third kappa shape index (κ3) is 14.3. The zero-order chi connectivity index (χ0) is 25.2. The lowest BCUT2D eigenvalue weighted by molar-refractivity contribution is -0.146. The van der Waals surface area contributed by atoms with Crippen LogP contribution in [0, 0.1) is 5.92 Å². The second-order valence-electron chi connectivity index (χ2n) is 8.14. The predicted molar refractivity (Wildman–Crippen MR) is 132 cm³/mol. The van der Waals surface area contributed by atoms with Gasteiger partial charge in [-0.25, -0.2) is 9.79 Å². The van der Waals surface area contributed by atoms with Gasteiger partial charge in [-0.1, -0.05) is 47.5 Å². The van der Waals surface area contributed by atoms with Crippen molar-refractivity contribution < 1.29 is 23.5 Å². The van der Waals surface area contributed by atoms with Crippen LogP contribution in [-0.4, -0.2) is 36.8 Å². The average Bonchev–Trinajstić information content (AvgIpc) is 2.78. The Kier molecular flexibility index (Phi) is 16.6. The number of amidine groups is 1. The minimum absolute atomic E-state index is 0.0285. The molecular weight excluding hydrogens is 425 g/mol. The van der Waals surface area contributed by atoms with E-state index in [2.05, 4.69) is 15.3 Å². The van der Waals surface area contributed by atoms with Gasteiger partial charge in [0.15, 0.2) is 5.84 Å². The van der Waals surface area contributed by atoms with Crippen LogP contribution in [-0.2, 0) is 14.3 Å². The van der Waals surface area contributed by atoms with Crippen molar-refractivity contribution in [3.8, 4) is 0 Å². The number of hydrogen-bond acceptors (Lipinski definition) is 6. The Bertz CT molecular complexity index is 725. The highest BCUT2D eigenvalue weighted by molar-refractivity contribution is 6.07. The van der Waals surface area contributed by atoms with Crippen molar-refractivity contribution in [2.24, 2.45) is 15.9 Å². The molecule has 0 aromatic rings. The summed E-state index contributed by atoms with van der Waals surface area (Å²) in [7, 11) is 0. The molecule has 8 heteroatoms. The zero-order valence-electron chi connectivity index (χ0n) is 21.4. The van der Waals surface area contributed by atoms with Crippen molar-refractivity contribution in [3.05, 3.63) is 23.3 Å². The monoisotopic (exact) mass is 467 g/mol. The van der Waals surface area contributed by atoms with Crippen molar-refractivity contribution in [2.75, 3.05) is 6.61 Å². The summed E-state index contributed by atoms with van der Waals surface area (Å²) in [5, 5.41) is 2.53. The standard InChI is InChI=1S/C25H42FN3O4/c1-8-12-14-21(26)28-24(23(18(5)6)27-16-19(7)10-3)29-25(31)33-20(11-4)17-32-22(30)15-13-9-2/h14,16,19-20H,8-13,15,17H2,1-7H3,(H,28,29,31)/b21-14+,27-16-. The van der Waals surface area contributed by atoms with Gasteiger partial charge in [0.25, 0.3) is 0 Å². The van der Waals surface area contributed by atoms with Crippen LogP contribution in [0.4, 0.5) is 9.18 Å². The Hall–Kier alpha value is -2.51. The Morgan fingerprint density at radius 1 is 1.09 bits per heavy atom. The van der Waals surface area contributed by atoms with Crippen LogP contribution in [0.15, 0.2) is 33.3 Å². The number of nitrogens with one attached hydrogen (secondary N) is 1. The quantitative estimate of drug-likeness (QED) is 0.134. The minimum atomic E-state index is -0.814. The SMILES string of the molecule is CCC/C=C(F)/N=C(/NC(=O)OC(CC)COC(=O)CCCC)C(/N=C\C(C)CC)=C(C)C. The Balaban J connectivity index is 5.55. The highest BCUT2D eigenvalue weighted by atomic mass is 19.1. The van der Waals surface area contributed by atoms with Crippen molar-refractivity contribution in [1.82, 2.24) is 5.32 Å². The number of unbranched alkanes of at least 4 members (excludes halogenated alkanes) is 2. The molecule has 1 amide bonds. The molecule has 0 rings (SSSR count). The van der Waals surface area contributed by atoms with E-state index in [1.807, 2.05) is 48.5 Å². The summed E-state index contributed by atoms with van der Waals surface area (Å²) < 4.78 is 25.0. The molecular formula is C25H42FN3O4. The lowest BCUT2D eigenvalue weighted by Gasteiger charge is -2.18. The van der Waals surface area contributed by atoms with Crippen LogP contribution in [0.3, 0.4) is 0 Å². The molecule has 0 saturated carbocycles. The van der Waals surface area contributed by atoms with Gasteiger partial charge in [-0.3, -0.25) is 15.1 Å². The summed E-state index contributed by atoms with van der Waals surface area (Å²) in [5.74, 6) is -0.850. The van der Waals surface area contributed by atoms with E-state index in [4.69, 9.17) is 9.47 Å². The molecule has 33 heavy (non-hydrogen) atoms. The van der Waals surface area contributed by atoms with Gasteiger partial charge in [0, 0.05) is 12.6 Å². The Morgan fingerprint density at radius 3 is 2.33 bits per heavy atom. The zero-order valence-corrected chi connectivity index (χ0v) is 21.4. The summed E-state index contributed by atoms with van der Waals surface area (Å²) in [4.78, 5) is 32.7. The molecule has 0 aromatic heterocycles. The highest BCUT2D eigenvalue weighted by Crippen LogP contribution is 2.13. The number of aliphatic imine (C=N–C) groups is 2. The van der Waals surface area contributed by atoms with Crippen molar-refractivity contribution in [3.63, 3.8) is 0 Å². The second-order valence-corrected chi connectivity index (χ2v) is 8.14. The summed E-state index contributed by atoms with van der Waals surface area (Å²) in [5.41, 5.74) is 1.13. The van der Waals surface area contributed by atoms with Crippen LogP contribution in [0.2, 0.25) is 0 Å². The van der Waals surface area contributed by atoms with Gasteiger partial charge < -0.3 is 9.47 Å². The first kappa shape index (κ1) is 30.5. The molecule has 0 aliphatic carbocycles. The van der Waals surface area contributed by atoms with E-state index in [1.54, 1.807) is 6.21 Å². The Morgan fingerprint density at radius 2 is 1.79 bits per heavy atom. The van der Waals surface area contributed by atoms with Crippen LogP contribution >= 0.6 is 0 Å². The number of carbonyl (C=O) groups is 2. The van der Waals surface area contributed by atoms with Gasteiger partial charge in [-0.2, -0.15) is 4.39 Å². The average molecular weight is 468 g/mol. The van der Waals surface area contributed by atoms with E-state index < -0.39 is 18.1 Å². The van der Waals surface area contributed by atoms with Gasteiger partial charge in [0.05, 0.1) is 0 Å². The van der Waals surface area contributed by atoms with Gasteiger partial charge in [-0.05, 0) is 57.1 Å². The summed E-state index contributed by atoms with van der Waals surface area (Å²) >= 11 is 0. The van der Waals surface area contributed by atoms with E-state index in [1.165, 1.54) is 6.08 Å². The molecule has 0 aromatic carbocycles. The lowest BCUT2D eigenvalue weighted by atomic mass is 10.1. The number of esters is 1. The number of allylic oxidation sites excluding steroid dienone is 2. The molecule has 188 valence electrons. The third-order valence-corrected chi connectivity index (χ3v) is 4.73. The van der Waals surface area contributed by atoms with E-state index in [-0.39, 0.29) is 24.3 Å². The maximum Gasteiger partial charge on any atom is 0.413 e. The Labute approximate surface area is 198 Å². The molecule has 0 heterocycles. The fourth-order valence-corrected chi connectivity index (χ4v) is 2.38. The number of nitrogens with zero attached hydrogens (tertiary/aromatic N) is 2. The fourth-order valence-electron chi connectivity index (χ4n) is 2.38. The minimum Gasteiger partial charge on any atom is -0.462 e. The lowest BCUT2D eigenvalue weighted by Crippen LogP contribution is -2.36. The van der Waals surface area contributed by atoms with Crippen LogP contribution in [0.5, 0.6) is 0 Å². The largest absolute Gasteiger partial charge is 0.462 e. The first-order chi connectivity index (χ1) is 15.7. The summed E-state index contributed by atoms with van der Waals surface area (Å²) in [6.45, 7) is 13.4. The van der Waals surface area contributed by atoms with Crippen molar-refractivity contribution in [2.45, 2.75) is 99.5 Å². The van der Waals surface area contributed by atoms with E-state index in [9.17, 15) is 14.0 Å². The molecule has 1 N–H and O–H groups in total. The van der Waals surface area contributed by atoms with Crippen molar-refractivity contribution >= 4 is 24.1 Å². The van der Waals surface area contributed by atoms with Gasteiger partial charge in [0.1, 0.15) is 18.4 Å². The predicted octanol–water partition coefficient (Wildman–Crippen LogP) is 6.64. The van der Waals surface area contributed by atoms with Gasteiger partial charge in [-0.15, -0.1) is 0 Å². The first-order valence-corrected chi connectivity index (χ1v) is 12.0. The number of amides is 1. The first-order valence-electron chi connectivity index (χ1n) is 12.0. The summed E-state index contributed by atoms with van der Waals surface area (Å²) in [6.07, 6.45) is 6.27. The normalized spacial score (nSPS) is 14.1. The maximum absolute atomic E-state index is 14.4. The number of alkyl carbamates (subject to hydrolysis) is 1. The van der Waals surface area contributed by atoms with E-state index >= 15 is 0 Å². The highest BCUT2D eigenvalue weighted by Gasteiger charge is 2.19. The maximum atomic E-state index is 14.4. The molecule has 0 fully saturated rings. The van der Waals surface area contributed by atoms with Crippen LogP contribution in [0.1, 0.15) is 93.4 Å². The second kappa shape index (κ2) is 18.0. The fraction of sp³-hybridized carbons (Fsp3) is 0.680. The summed E-state index contributed by atoms with van der Waals surface area (Å²) in [6, 6.07) is 0. The molecule has 0 spiro atoms. The van der Waals surface area contributed by atoms with E-state index in [0.717, 1.165) is 31.3 Å². The molecule has 0 aliphatic rings.